The largest absolute Gasteiger partial charge is 0.317 e. The number of allylic oxidation sites excluding steroid dienone is 3. The minimum Gasteiger partial charge on any atom is -0.317 e. The van der Waals surface area contributed by atoms with E-state index in [1.807, 2.05) is 30.0 Å². The number of hydrogen-bond donors (Lipinski definition) is 1. The van der Waals surface area contributed by atoms with Crippen molar-refractivity contribution in [2.24, 2.45) is 5.92 Å². The number of thioether (sulfide) groups is 1. The molecule has 1 aliphatic carbocycles. The van der Waals surface area contributed by atoms with Crippen LogP contribution in [0.1, 0.15) is 59.3 Å². The first kappa shape index (κ1) is 23.5. The molecule has 0 aromatic rings. The SMILES string of the molecule is C=C/C=C(\C=C)CSCCCNCCCN(C1CCCC1)C(C)C(C)C. The van der Waals surface area contributed by atoms with Crippen molar-refractivity contribution in [3.05, 3.63) is 37.0 Å². The smallest absolute Gasteiger partial charge is 0.0184 e. The Kier molecular flexibility index (Phi) is 13.2. The van der Waals surface area contributed by atoms with Crippen LogP contribution in [0.3, 0.4) is 0 Å². The zero-order chi connectivity index (χ0) is 19.2. The van der Waals surface area contributed by atoms with Crippen molar-refractivity contribution < 1.29 is 0 Å². The Bertz CT molecular complexity index is 408. The lowest BCUT2D eigenvalue weighted by Gasteiger charge is -2.37. The fraction of sp³-hybridized carbons (Fsp3) is 0.739. The number of hydrogen-bond acceptors (Lipinski definition) is 3. The van der Waals surface area contributed by atoms with Crippen LogP contribution in [-0.2, 0) is 0 Å². The molecule has 2 nitrogen and oxygen atoms in total. The molecule has 0 amide bonds. The fourth-order valence-electron chi connectivity index (χ4n) is 3.66. The Morgan fingerprint density at radius 2 is 1.85 bits per heavy atom. The zero-order valence-corrected chi connectivity index (χ0v) is 18.3. The van der Waals surface area contributed by atoms with Crippen molar-refractivity contribution in [2.45, 2.75) is 71.4 Å². The van der Waals surface area contributed by atoms with E-state index in [4.69, 9.17) is 0 Å². The summed E-state index contributed by atoms with van der Waals surface area (Å²) in [5.41, 5.74) is 1.27. The summed E-state index contributed by atoms with van der Waals surface area (Å²) < 4.78 is 0. The summed E-state index contributed by atoms with van der Waals surface area (Å²) in [7, 11) is 0. The molecule has 0 heterocycles. The van der Waals surface area contributed by atoms with Crippen LogP contribution in [0, 0.1) is 5.92 Å². The minimum atomic E-state index is 0.706. The van der Waals surface area contributed by atoms with Crippen LogP contribution in [0.15, 0.2) is 37.0 Å². The minimum absolute atomic E-state index is 0.706. The maximum atomic E-state index is 3.85. The average Bonchev–Trinajstić information content (AvgIpc) is 3.16. The normalized spacial score (nSPS) is 17.2. The molecule has 1 atom stereocenters. The van der Waals surface area contributed by atoms with E-state index in [2.05, 4.69) is 44.1 Å². The van der Waals surface area contributed by atoms with Crippen LogP contribution in [0.25, 0.3) is 0 Å². The third-order valence-corrected chi connectivity index (χ3v) is 6.67. The Labute approximate surface area is 167 Å². The molecule has 0 aromatic heterocycles. The van der Waals surface area contributed by atoms with Gasteiger partial charge in [-0.25, -0.2) is 0 Å². The maximum Gasteiger partial charge on any atom is 0.0184 e. The van der Waals surface area contributed by atoms with E-state index < -0.39 is 0 Å². The first-order chi connectivity index (χ1) is 12.6. The van der Waals surface area contributed by atoms with E-state index in [1.54, 1.807) is 0 Å². The quantitative estimate of drug-likeness (QED) is 0.292. The molecular formula is C23H42N2S. The van der Waals surface area contributed by atoms with Gasteiger partial charge in [-0.2, -0.15) is 11.8 Å². The van der Waals surface area contributed by atoms with Crippen LogP contribution in [-0.4, -0.2) is 48.1 Å². The van der Waals surface area contributed by atoms with Crippen molar-refractivity contribution >= 4 is 11.8 Å². The Morgan fingerprint density at radius 3 is 2.46 bits per heavy atom. The van der Waals surface area contributed by atoms with Gasteiger partial charge < -0.3 is 5.32 Å². The van der Waals surface area contributed by atoms with Crippen molar-refractivity contribution in [2.75, 3.05) is 31.1 Å². The van der Waals surface area contributed by atoms with Gasteiger partial charge in [-0.05, 0) is 69.5 Å². The third-order valence-electron chi connectivity index (χ3n) is 5.56. The summed E-state index contributed by atoms with van der Waals surface area (Å²) in [5.74, 6) is 2.99. The second-order valence-corrected chi connectivity index (χ2v) is 8.96. The van der Waals surface area contributed by atoms with E-state index in [0.717, 1.165) is 30.8 Å². The fourth-order valence-corrected chi connectivity index (χ4v) is 4.61. The van der Waals surface area contributed by atoms with E-state index in [0.29, 0.717) is 6.04 Å². The van der Waals surface area contributed by atoms with E-state index in [9.17, 15) is 0 Å². The van der Waals surface area contributed by atoms with Crippen molar-refractivity contribution in [1.82, 2.24) is 10.2 Å². The van der Waals surface area contributed by atoms with Crippen LogP contribution >= 0.6 is 11.8 Å². The summed E-state index contributed by atoms with van der Waals surface area (Å²) in [6.07, 6.45) is 14.0. The Morgan fingerprint density at radius 1 is 1.15 bits per heavy atom. The highest BCUT2D eigenvalue weighted by molar-refractivity contribution is 7.99. The van der Waals surface area contributed by atoms with Crippen LogP contribution in [0.4, 0.5) is 0 Å². The predicted molar refractivity (Wildman–Crippen MR) is 121 cm³/mol. The van der Waals surface area contributed by atoms with Gasteiger partial charge in [-0.1, -0.05) is 58.1 Å². The van der Waals surface area contributed by atoms with Gasteiger partial charge >= 0.3 is 0 Å². The summed E-state index contributed by atoms with van der Waals surface area (Å²) in [5, 5.41) is 3.64. The molecule has 0 aromatic carbocycles. The molecule has 1 saturated carbocycles. The van der Waals surface area contributed by atoms with Gasteiger partial charge in [0.15, 0.2) is 0 Å². The Hall–Kier alpha value is -0.510. The molecular weight excluding hydrogens is 336 g/mol. The molecule has 1 rings (SSSR count). The molecule has 150 valence electrons. The highest BCUT2D eigenvalue weighted by Gasteiger charge is 2.27. The van der Waals surface area contributed by atoms with Gasteiger partial charge in [-0.15, -0.1) is 0 Å². The van der Waals surface area contributed by atoms with Crippen LogP contribution in [0.2, 0.25) is 0 Å². The van der Waals surface area contributed by atoms with Crippen LogP contribution in [0.5, 0.6) is 0 Å². The van der Waals surface area contributed by atoms with E-state index >= 15 is 0 Å². The van der Waals surface area contributed by atoms with Crippen LogP contribution < -0.4 is 5.32 Å². The lowest BCUT2D eigenvalue weighted by molar-refractivity contribution is 0.113. The first-order valence-corrected chi connectivity index (χ1v) is 11.7. The van der Waals surface area contributed by atoms with Gasteiger partial charge in [0.05, 0.1) is 0 Å². The molecule has 0 radical (unpaired) electrons. The molecule has 0 bridgehead atoms. The van der Waals surface area contributed by atoms with Crippen molar-refractivity contribution in [3.63, 3.8) is 0 Å². The molecule has 1 aliphatic rings. The van der Waals surface area contributed by atoms with Gasteiger partial charge in [0.2, 0.25) is 0 Å². The van der Waals surface area contributed by atoms with E-state index in [1.165, 1.54) is 56.4 Å². The number of rotatable bonds is 15. The molecule has 1 N–H and O–H groups in total. The highest BCUT2D eigenvalue weighted by atomic mass is 32.2. The molecule has 1 fully saturated rings. The van der Waals surface area contributed by atoms with Gasteiger partial charge in [0, 0.05) is 17.8 Å². The van der Waals surface area contributed by atoms with E-state index in [-0.39, 0.29) is 0 Å². The van der Waals surface area contributed by atoms with Crippen molar-refractivity contribution in [1.29, 1.82) is 0 Å². The average molecular weight is 379 g/mol. The summed E-state index contributed by atoms with van der Waals surface area (Å²) in [4.78, 5) is 2.80. The molecule has 0 spiro atoms. The molecule has 0 aliphatic heterocycles. The van der Waals surface area contributed by atoms with Gasteiger partial charge in [0.1, 0.15) is 0 Å². The summed E-state index contributed by atoms with van der Waals surface area (Å²) in [6, 6.07) is 1.55. The maximum absolute atomic E-state index is 3.85. The lowest BCUT2D eigenvalue weighted by Crippen LogP contribution is -2.44. The highest BCUT2D eigenvalue weighted by Crippen LogP contribution is 2.27. The summed E-state index contributed by atoms with van der Waals surface area (Å²) in [6.45, 7) is 18.3. The van der Waals surface area contributed by atoms with Gasteiger partial charge in [-0.3, -0.25) is 4.90 Å². The second-order valence-electron chi connectivity index (χ2n) is 7.85. The monoisotopic (exact) mass is 378 g/mol. The Balaban J connectivity index is 2.11. The zero-order valence-electron chi connectivity index (χ0n) is 17.5. The molecule has 0 saturated heterocycles. The molecule has 3 heteroatoms. The number of nitrogens with one attached hydrogen (secondary N) is 1. The third kappa shape index (κ3) is 9.43. The standard InChI is InChI=1S/C23H42N2S/c1-6-12-22(7-2)19-26-18-11-16-24-15-10-17-25(21(5)20(3)4)23-13-8-9-14-23/h6-7,12,20-21,23-24H,1-2,8-11,13-19H2,3-5H3/b22-12+. The lowest BCUT2D eigenvalue weighted by atomic mass is 10.0. The number of nitrogens with zero attached hydrogens (tertiary/aromatic N) is 1. The summed E-state index contributed by atoms with van der Waals surface area (Å²) >= 11 is 1.98. The topological polar surface area (TPSA) is 15.3 Å². The predicted octanol–water partition coefficient (Wildman–Crippen LogP) is 5.68. The molecule has 1 unspecified atom stereocenters. The first-order valence-electron chi connectivity index (χ1n) is 10.6. The second kappa shape index (κ2) is 14.5. The molecule has 26 heavy (non-hydrogen) atoms. The van der Waals surface area contributed by atoms with Crippen molar-refractivity contribution in [3.8, 4) is 0 Å². The van der Waals surface area contributed by atoms with Gasteiger partial charge in [0.25, 0.3) is 0 Å².